The van der Waals surface area contributed by atoms with Crippen LogP contribution < -0.4 is 14.4 Å². The number of hydrogen-bond donors (Lipinski definition) is 0. The van der Waals surface area contributed by atoms with Gasteiger partial charge in [-0.1, -0.05) is 17.7 Å². The van der Waals surface area contributed by atoms with Crippen molar-refractivity contribution in [2.24, 2.45) is 0 Å². The van der Waals surface area contributed by atoms with E-state index in [1.54, 1.807) is 27.3 Å². The highest BCUT2D eigenvalue weighted by Crippen LogP contribution is 2.34. The van der Waals surface area contributed by atoms with Gasteiger partial charge in [0.2, 0.25) is 0 Å². The highest BCUT2D eigenvalue weighted by atomic mass is 35.5. The molecule has 28 heavy (non-hydrogen) atoms. The second-order valence-corrected chi connectivity index (χ2v) is 7.22. The number of aromatic nitrogens is 1. The quantitative estimate of drug-likeness (QED) is 0.763. The first kappa shape index (κ1) is 20.2. The predicted molar refractivity (Wildman–Crippen MR) is 109 cm³/mol. The number of hydrogen-bond acceptors (Lipinski definition) is 6. The van der Waals surface area contributed by atoms with Crippen molar-refractivity contribution in [3.8, 4) is 11.5 Å². The lowest BCUT2D eigenvalue weighted by Gasteiger charge is -2.35. The zero-order valence-electron chi connectivity index (χ0n) is 16.4. The molecule has 0 atom stereocenters. The first-order chi connectivity index (χ1) is 13.5. The van der Waals surface area contributed by atoms with Crippen LogP contribution in [-0.2, 0) is 6.54 Å². The molecule has 0 radical (unpaired) electrons. The lowest BCUT2D eigenvalue weighted by atomic mass is 10.1. The summed E-state index contributed by atoms with van der Waals surface area (Å²) in [6.07, 6.45) is 1.34. The molecule has 1 fully saturated rings. The smallest absolute Gasteiger partial charge is 0.414 e. The number of pyridine rings is 1. The Morgan fingerprint density at radius 1 is 1.18 bits per heavy atom. The van der Waals surface area contributed by atoms with Crippen molar-refractivity contribution >= 4 is 23.5 Å². The summed E-state index contributed by atoms with van der Waals surface area (Å²) in [6.45, 7) is 4.33. The number of carbonyl (C=O) groups is 1. The molecule has 8 heteroatoms. The summed E-state index contributed by atoms with van der Waals surface area (Å²) < 4.78 is 10.7. The van der Waals surface area contributed by atoms with Crippen molar-refractivity contribution in [3.63, 3.8) is 0 Å². The summed E-state index contributed by atoms with van der Waals surface area (Å²) in [5.41, 5.74) is 0.939. The van der Waals surface area contributed by atoms with Crippen LogP contribution in [0.1, 0.15) is 5.56 Å². The van der Waals surface area contributed by atoms with Gasteiger partial charge in [0, 0.05) is 64.1 Å². The van der Waals surface area contributed by atoms with E-state index in [-0.39, 0.29) is 0 Å². The number of ether oxygens (including phenoxy) is 2. The van der Waals surface area contributed by atoms with E-state index in [2.05, 4.69) is 14.8 Å². The Kier molecular flexibility index (Phi) is 6.59. The average molecular weight is 405 g/mol. The zero-order chi connectivity index (χ0) is 20.1. The van der Waals surface area contributed by atoms with E-state index in [0.717, 1.165) is 37.6 Å². The van der Waals surface area contributed by atoms with E-state index in [9.17, 15) is 4.79 Å². The van der Waals surface area contributed by atoms with Gasteiger partial charge >= 0.3 is 6.09 Å². The van der Waals surface area contributed by atoms with E-state index in [1.165, 1.54) is 4.90 Å². The SMILES string of the molecule is COc1cc(CN2CCN(c3ccccn3)CC2)c(Cl)cc1OC(=O)N(C)C. The summed E-state index contributed by atoms with van der Waals surface area (Å²) in [5, 5.41) is 0.550. The van der Waals surface area contributed by atoms with E-state index < -0.39 is 6.09 Å². The summed E-state index contributed by atoms with van der Waals surface area (Å²) in [5.74, 6) is 1.81. The lowest BCUT2D eigenvalue weighted by Crippen LogP contribution is -2.46. The Morgan fingerprint density at radius 2 is 1.93 bits per heavy atom. The van der Waals surface area contributed by atoms with Gasteiger partial charge < -0.3 is 19.3 Å². The monoisotopic (exact) mass is 404 g/mol. The van der Waals surface area contributed by atoms with E-state index in [1.807, 2.05) is 30.5 Å². The maximum atomic E-state index is 11.8. The van der Waals surface area contributed by atoms with Crippen molar-refractivity contribution in [3.05, 3.63) is 47.1 Å². The number of halogens is 1. The van der Waals surface area contributed by atoms with Crippen LogP contribution in [0.5, 0.6) is 11.5 Å². The van der Waals surface area contributed by atoms with Crippen LogP contribution in [0.3, 0.4) is 0 Å². The first-order valence-electron chi connectivity index (χ1n) is 9.12. The molecule has 0 saturated carbocycles. The fraction of sp³-hybridized carbons (Fsp3) is 0.400. The maximum absolute atomic E-state index is 11.8. The van der Waals surface area contributed by atoms with Gasteiger partial charge in [0.15, 0.2) is 11.5 Å². The lowest BCUT2D eigenvalue weighted by molar-refractivity contribution is 0.170. The summed E-state index contributed by atoms with van der Waals surface area (Å²) in [6, 6.07) is 9.44. The fourth-order valence-electron chi connectivity index (χ4n) is 3.04. The summed E-state index contributed by atoms with van der Waals surface area (Å²) in [4.78, 5) is 22.2. The van der Waals surface area contributed by atoms with E-state index in [4.69, 9.17) is 21.1 Å². The molecule has 3 rings (SSSR count). The molecule has 1 aromatic heterocycles. The third kappa shape index (κ3) is 4.85. The van der Waals surface area contributed by atoms with Crippen LogP contribution >= 0.6 is 11.6 Å². The number of anilines is 1. The molecular weight excluding hydrogens is 380 g/mol. The van der Waals surface area contributed by atoms with Gasteiger partial charge in [0.1, 0.15) is 5.82 Å². The Balaban J connectivity index is 1.65. The van der Waals surface area contributed by atoms with Crippen LogP contribution in [0, 0.1) is 0 Å². The van der Waals surface area contributed by atoms with Gasteiger partial charge in [-0.15, -0.1) is 0 Å². The highest BCUT2D eigenvalue weighted by molar-refractivity contribution is 6.31. The van der Waals surface area contributed by atoms with Crippen LogP contribution in [0.4, 0.5) is 10.6 Å². The van der Waals surface area contributed by atoms with Gasteiger partial charge in [-0.05, 0) is 23.8 Å². The molecular formula is C20H25ClN4O3. The Bertz CT molecular complexity index is 809. The molecule has 1 amide bonds. The summed E-state index contributed by atoms with van der Waals surface area (Å²) >= 11 is 6.46. The molecule has 1 aliphatic heterocycles. The molecule has 0 spiro atoms. The van der Waals surface area contributed by atoms with Crippen molar-refractivity contribution in [2.75, 3.05) is 52.3 Å². The molecule has 7 nitrogen and oxygen atoms in total. The van der Waals surface area contributed by atoms with Crippen molar-refractivity contribution in [1.29, 1.82) is 0 Å². The molecule has 150 valence electrons. The van der Waals surface area contributed by atoms with Crippen molar-refractivity contribution in [1.82, 2.24) is 14.8 Å². The molecule has 2 aromatic rings. The Hall–Kier alpha value is -2.51. The second kappa shape index (κ2) is 9.12. The van der Waals surface area contributed by atoms with Crippen LogP contribution in [0.2, 0.25) is 5.02 Å². The number of carbonyl (C=O) groups excluding carboxylic acids is 1. The molecule has 2 heterocycles. The largest absolute Gasteiger partial charge is 0.493 e. The standard InChI is InChI=1S/C20H25ClN4O3/c1-23(2)20(26)28-18-13-16(21)15(12-17(18)27-3)14-24-8-10-25(11-9-24)19-6-4-5-7-22-19/h4-7,12-13H,8-11,14H2,1-3H3. The van der Waals surface area contributed by atoms with E-state index >= 15 is 0 Å². The minimum absolute atomic E-state index is 0.315. The van der Waals surface area contributed by atoms with Gasteiger partial charge in [-0.25, -0.2) is 9.78 Å². The Labute approximate surface area is 170 Å². The van der Waals surface area contributed by atoms with Gasteiger partial charge in [0.05, 0.1) is 7.11 Å². The van der Waals surface area contributed by atoms with Crippen LogP contribution in [0.25, 0.3) is 0 Å². The van der Waals surface area contributed by atoms with E-state index in [0.29, 0.717) is 23.1 Å². The predicted octanol–water partition coefficient (Wildman–Crippen LogP) is 3.13. The number of methoxy groups -OCH3 is 1. The number of rotatable bonds is 5. The number of piperazine rings is 1. The molecule has 0 unspecified atom stereocenters. The fourth-order valence-corrected chi connectivity index (χ4v) is 3.25. The topological polar surface area (TPSA) is 58.1 Å². The number of amides is 1. The minimum atomic E-state index is -0.479. The number of benzene rings is 1. The molecule has 0 aliphatic carbocycles. The average Bonchev–Trinajstić information content (AvgIpc) is 2.71. The number of nitrogens with zero attached hydrogens (tertiary/aromatic N) is 4. The van der Waals surface area contributed by atoms with Crippen LogP contribution in [0.15, 0.2) is 36.5 Å². The maximum Gasteiger partial charge on any atom is 0.414 e. The summed E-state index contributed by atoms with van der Waals surface area (Å²) in [7, 11) is 4.79. The Morgan fingerprint density at radius 3 is 2.54 bits per heavy atom. The highest BCUT2D eigenvalue weighted by Gasteiger charge is 2.20. The molecule has 1 aliphatic rings. The normalized spacial score (nSPS) is 14.6. The van der Waals surface area contributed by atoms with Crippen molar-refractivity contribution < 1.29 is 14.3 Å². The second-order valence-electron chi connectivity index (χ2n) is 6.81. The van der Waals surface area contributed by atoms with Gasteiger partial charge in [-0.3, -0.25) is 4.90 Å². The molecule has 0 N–H and O–H groups in total. The third-order valence-corrected chi connectivity index (χ3v) is 4.99. The minimum Gasteiger partial charge on any atom is -0.493 e. The third-order valence-electron chi connectivity index (χ3n) is 4.63. The first-order valence-corrected chi connectivity index (χ1v) is 9.49. The van der Waals surface area contributed by atoms with Crippen molar-refractivity contribution in [2.45, 2.75) is 6.54 Å². The van der Waals surface area contributed by atoms with Gasteiger partial charge in [0.25, 0.3) is 0 Å². The molecule has 0 bridgehead atoms. The van der Waals surface area contributed by atoms with Crippen LogP contribution in [-0.4, -0.2) is 68.3 Å². The van der Waals surface area contributed by atoms with Gasteiger partial charge in [-0.2, -0.15) is 0 Å². The molecule has 1 saturated heterocycles. The molecule has 1 aromatic carbocycles. The zero-order valence-corrected chi connectivity index (χ0v) is 17.1.